The number of nitrogens with one attached hydrogen (secondary N) is 1. The van der Waals surface area contributed by atoms with E-state index in [1.807, 2.05) is 0 Å². The van der Waals surface area contributed by atoms with Gasteiger partial charge in [0.1, 0.15) is 0 Å². The van der Waals surface area contributed by atoms with Crippen molar-refractivity contribution in [3.63, 3.8) is 0 Å². The molecule has 0 atom stereocenters. The van der Waals surface area contributed by atoms with Gasteiger partial charge in [-0.05, 0) is 17.7 Å². The van der Waals surface area contributed by atoms with Crippen molar-refractivity contribution in [3.05, 3.63) is 64.2 Å². The molecule has 2 aromatic carbocycles. The van der Waals surface area contributed by atoms with Gasteiger partial charge < -0.3 is 15.8 Å². The van der Waals surface area contributed by atoms with Gasteiger partial charge in [0.05, 0.1) is 17.2 Å². The van der Waals surface area contributed by atoms with Crippen LogP contribution < -0.4 is 15.8 Å². The minimum absolute atomic E-state index is 0. The van der Waals surface area contributed by atoms with Crippen molar-refractivity contribution in [2.24, 2.45) is 10.7 Å². The molecule has 0 heterocycles. The van der Waals surface area contributed by atoms with Gasteiger partial charge in [0, 0.05) is 12.1 Å². The predicted molar refractivity (Wildman–Crippen MR) is 101 cm³/mol. The molecule has 2 aromatic rings. The highest BCUT2D eigenvalue weighted by Gasteiger charge is 2.32. The molecule has 0 aliphatic carbocycles. The number of nitrogens with two attached hydrogens (primary N) is 1. The lowest BCUT2D eigenvalue weighted by molar-refractivity contribution is -0.384. The monoisotopic (exact) mass is 482 g/mol. The number of ether oxygens (including phenoxy) is 1. The standard InChI is InChI=1S/C15H13F3N4O3.HI/c16-15(17,18)25-13-7-2-1-6-12(13)21-14(19)20-9-10-4-3-5-11(8-10)22(23)24;/h1-8H,9H2,(H3,19,20,21);1H. The van der Waals surface area contributed by atoms with Crippen LogP contribution in [0.5, 0.6) is 5.75 Å². The Kier molecular flexibility index (Phi) is 7.61. The highest BCUT2D eigenvalue weighted by molar-refractivity contribution is 14.0. The number of halogens is 4. The summed E-state index contributed by atoms with van der Waals surface area (Å²) in [5.41, 5.74) is 6.07. The summed E-state index contributed by atoms with van der Waals surface area (Å²) < 4.78 is 41.0. The summed E-state index contributed by atoms with van der Waals surface area (Å²) in [5.74, 6) is -0.617. The molecule has 26 heavy (non-hydrogen) atoms. The van der Waals surface area contributed by atoms with Gasteiger partial charge in [0.2, 0.25) is 0 Å². The number of nitro benzene ring substituents is 1. The molecule has 140 valence electrons. The van der Waals surface area contributed by atoms with Crippen molar-refractivity contribution in [2.45, 2.75) is 12.9 Å². The largest absolute Gasteiger partial charge is 0.573 e. The molecule has 11 heteroatoms. The van der Waals surface area contributed by atoms with Crippen LogP contribution in [0.25, 0.3) is 0 Å². The number of anilines is 1. The third-order valence-electron chi connectivity index (χ3n) is 2.93. The van der Waals surface area contributed by atoms with Crippen molar-refractivity contribution in [3.8, 4) is 5.75 Å². The molecule has 0 saturated carbocycles. The fraction of sp³-hybridized carbons (Fsp3) is 0.133. The van der Waals surface area contributed by atoms with Gasteiger partial charge in [-0.25, -0.2) is 4.99 Å². The molecule has 0 saturated heterocycles. The van der Waals surface area contributed by atoms with E-state index in [4.69, 9.17) is 5.73 Å². The van der Waals surface area contributed by atoms with Crippen molar-refractivity contribution >= 4 is 41.3 Å². The summed E-state index contributed by atoms with van der Waals surface area (Å²) in [4.78, 5) is 14.1. The summed E-state index contributed by atoms with van der Waals surface area (Å²) >= 11 is 0. The van der Waals surface area contributed by atoms with Crippen LogP contribution in [-0.4, -0.2) is 17.2 Å². The predicted octanol–water partition coefficient (Wildman–Crippen LogP) is 4.04. The van der Waals surface area contributed by atoms with Crippen molar-refractivity contribution in [1.82, 2.24) is 0 Å². The van der Waals surface area contributed by atoms with Gasteiger partial charge in [-0.3, -0.25) is 10.1 Å². The quantitative estimate of drug-likeness (QED) is 0.220. The Morgan fingerprint density at radius 1 is 1.23 bits per heavy atom. The molecule has 0 aliphatic rings. The second-order valence-corrected chi connectivity index (χ2v) is 4.80. The number of benzene rings is 2. The van der Waals surface area contributed by atoms with Gasteiger partial charge in [-0.2, -0.15) is 0 Å². The van der Waals surface area contributed by atoms with E-state index in [2.05, 4.69) is 15.0 Å². The Labute approximate surface area is 163 Å². The number of rotatable bonds is 5. The molecule has 2 rings (SSSR count). The Hall–Kier alpha value is -2.57. The topological polar surface area (TPSA) is 103 Å². The van der Waals surface area contributed by atoms with E-state index >= 15 is 0 Å². The maximum Gasteiger partial charge on any atom is 0.573 e. The molecule has 7 nitrogen and oxygen atoms in total. The average Bonchev–Trinajstić information content (AvgIpc) is 2.54. The molecule has 0 unspecified atom stereocenters. The normalized spacial score (nSPS) is 11.4. The summed E-state index contributed by atoms with van der Waals surface area (Å²) in [7, 11) is 0. The molecule has 0 bridgehead atoms. The van der Waals surface area contributed by atoms with Crippen LogP contribution in [0.2, 0.25) is 0 Å². The molecule has 0 aromatic heterocycles. The zero-order valence-corrected chi connectivity index (χ0v) is 15.4. The van der Waals surface area contributed by atoms with Crippen LogP contribution in [0.15, 0.2) is 53.5 Å². The number of aliphatic imine (C=N–C) groups is 1. The van der Waals surface area contributed by atoms with E-state index in [0.717, 1.165) is 6.07 Å². The first-order valence-electron chi connectivity index (χ1n) is 6.89. The number of alkyl halides is 3. The van der Waals surface area contributed by atoms with Gasteiger partial charge in [-0.15, -0.1) is 37.1 Å². The highest BCUT2D eigenvalue weighted by Crippen LogP contribution is 2.29. The first-order chi connectivity index (χ1) is 11.7. The first kappa shape index (κ1) is 21.5. The summed E-state index contributed by atoms with van der Waals surface area (Å²) in [6, 6.07) is 11.1. The van der Waals surface area contributed by atoms with E-state index in [1.54, 1.807) is 6.07 Å². The molecular weight excluding hydrogens is 468 g/mol. The van der Waals surface area contributed by atoms with Crippen molar-refractivity contribution in [1.29, 1.82) is 0 Å². The number of nitrogens with zero attached hydrogens (tertiary/aromatic N) is 2. The maximum atomic E-state index is 12.4. The third-order valence-corrected chi connectivity index (χ3v) is 2.93. The number of nitro groups is 1. The fourth-order valence-electron chi connectivity index (χ4n) is 1.91. The van der Waals surface area contributed by atoms with Crippen LogP contribution >= 0.6 is 24.0 Å². The van der Waals surface area contributed by atoms with E-state index in [1.165, 1.54) is 36.4 Å². The van der Waals surface area contributed by atoms with Gasteiger partial charge in [-0.1, -0.05) is 24.3 Å². The zero-order chi connectivity index (χ0) is 18.4. The van der Waals surface area contributed by atoms with Crippen molar-refractivity contribution in [2.75, 3.05) is 5.32 Å². The summed E-state index contributed by atoms with van der Waals surface area (Å²) in [6.07, 6.45) is -4.84. The molecule has 0 fully saturated rings. The van der Waals surface area contributed by atoms with E-state index < -0.39 is 17.0 Å². The van der Waals surface area contributed by atoms with Gasteiger partial charge >= 0.3 is 6.36 Å². The van der Waals surface area contributed by atoms with Crippen LogP contribution in [0.4, 0.5) is 24.5 Å². The lowest BCUT2D eigenvalue weighted by atomic mass is 10.2. The SMILES string of the molecule is I.NC(=NCc1cccc([N+](=O)[O-])c1)Nc1ccccc1OC(F)(F)F. The molecule has 0 spiro atoms. The van der Waals surface area contributed by atoms with E-state index in [9.17, 15) is 23.3 Å². The minimum atomic E-state index is -4.84. The minimum Gasteiger partial charge on any atom is -0.404 e. The van der Waals surface area contributed by atoms with E-state index in [0.29, 0.717) is 5.56 Å². The van der Waals surface area contributed by atoms with Crippen molar-refractivity contribution < 1.29 is 22.8 Å². The molecule has 0 amide bonds. The van der Waals surface area contributed by atoms with Crippen LogP contribution in [0, 0.1) is 10.1 Å². The molecule has 0 aliphatic heterocycles. The van der Waals surface area contributed by atoms with E-state index in [-0.39, 0.29) is 47.9 Å². The lowest BCUT2D eigenvalue weighted by Gasteiger charge is -2.14. The Morgan fingerprint density at radius 3 is 2.58 bits per heavy atom. The van der Waals surface area contributed by atoms with Crippen LogP contribution in [0.3, 0.4) is 0 Å². The Bertz CT molecular complexity index is 800. The molecular formula is C15H14F3IN4O3. The second kappa shape index (κ2) is 9.22. The number of hydrogen-bond acceptors (Lipinski definition) is 4. The first-order valence-corrected chi connectivity index (χ1v) is 6.89. The number of hydrogen-bond donors (Lipinski definition) is 2. The smallest absolute Gasteiger partial charge is 0.404 e. The fourth-order valence-corrected chi connectivity index (χ4v) is 1.91. The zero-order valence-electron chi connectivity index (χ0n) is 13.1. The van der Waals surface area contributed by atoms with Gasteiger partial charge in [0.15, 0.2) is 11.7 Å². The summed E-state index contributed by atoms with van der Waals surface area (Å²) in [6.45, 7) is 0.0167. The average molecular weight is 482 g/mol. The third kappa shape index (κ3) is 6.74. The highest BCUT2D eigenvalue weighted by atomic mass is 127. The lowest BCUT2D eigenvalue weighted by Crippen LogP contribution is -2.24. The summed E-state index contributed by atoms with van der Waals surface area (Å²) in [5, 5.41) is 13.2. The van der Waals surface area contributed by atoms with Gasteiger partial charge in [0.25, 0.3) is 5.69 Å². The molecule has 3 N–H and O–H groups in total. The maximum absolute atomic E-state index is 12.4. The number of non-ortho nitro benzene ring substituents is 1. The van der Waals surface area contributed by atoms with Crippen LogP contribution in [-0.2, 0) is 6.54 Å². The Morgan fingerprint density at radius 2 is 1.92 bits per heavy atom. The second-order valence-electron chi connectivity index (χ2n) is 4.80. The Balaban J connectivity index is 0.00000338. The number of para-hydroxylation sites is 2. The van der Waals surface area contributed by atoms with Crippen LogP contribution in [0.1, 0.15) is 5.56 Å². The number of guanidine groups is 1. The molecule has 0 radical (unpaired) electrons.